The second kappa shape index (κ2) is 7.22. The molecule has 1 atom stereocenters. The molecule has 0 spiro atoms. The maximum Gasteiger partial charge on any atom is 0.221 e. The Kier molecular flexibility index (Phi) is 5.85. The van der Waals surface area contributed by atoms with E-state index >= 15 is 0 Å². The van der Waals surface area contributed by atoms with Gasteiger partial charge in [-0.3, -0.25) is 9.59 Å². The van der Waals surface area contributed by atoms with E-state index < -0.39 is 0 Å². The van der Waals surface area contributed by atoms with E-state index in [0.717, 1.165) is 13.0 Å². The molecule has 1 aliphatic rings. The predicted octanol–water partition coefficient (Wildman–Crippen LogP) is -0.229. The van der Waals surface area contributed by atoms with Gasteiger partial charge in [0.1, 0.15) is 0 Å². The second-order valence-electron chi connectivity index (χ2n) is 4.18. The van der Waals surface area contributed by atoms with E-state index in [1.807, 2.05) is 0 Å². The summed E-state index contributed by atoms with van der Waals surface area (Å²) >= 11 is 0. The molecule has 1 saturated heterocycles. The number of carbonyl (C=O) groups excluding carboxylic acids is 2. The molecule has 0 aromatic carbocycles. The summed E-state index contributed by atoms with van der Waals surface area (Å²) in [5.74, 6) is -0.00653. The highest BCUT2D eigenvalue weighted by molar-refractivity contribution is 5.76. The lowest BCUT2D eigenvalue weighted by atomic mass is 10.0. The molecule has 0 bridgehead atoms. The Morgan fingerprint density at radius 2 is 2.00 bits per heavy atom. The minimum atomic E-state index is -0.0665. The molecule has 16 heavy (non-hydrogen) atoms. The van der Waals surface area contributed by atoms with Crippen molar-refractivity contribution in [3.05, 3.63) is 0 Å². The number of amides is 2. The van der Waals surface area contributed by atoms with Crippen LogP contribution in [0.15, 0.2) is 0 Å². The Morgan fingerprint density at radius 1 is 1.25 bits per heavy atom. The summed E-state index contributed by atoms with van der Waals surface area (Å²) in [7, 11) is 0. The summed E-state index contributed by atoms with van der Waals surface area (Å²) in [6.07, 6.45) is 4.04. The summed E-state index contributed by atoms with van der Waals surface area (Å²) in [5, 5.41) is 8.75. The fourth-order valence-corrected chi connectivity index (χ4v) is 1.83. The normalized spacial score (nSPS) is 20.2. The first kappa shape index (κ1) is 13.0. The first-order chi connectivity index (χ1) is 7.68. The van der Waals surface area contributed by atoms with E-state index in [4.69, 9.17) is 0 Å². The number of piperidine rings is 1. The van der Waals surface area contributed by atoms with E-state index in [1.54, 1.807) is 0 Å². The third-order valence-electron chi connectivity index (χ3n) is 2.67. The molecule has 1 rings (SSSR count). The van der Waals surface area contributed by atoms with Crippen molar-refractivity contribution < 1.29 is 9.59 Å². The Bertz CT molecular complexity index is 237. The zero-order chi connectivity index (χ0) is 11.8. The van der Waals surface area contributed by atoms with E-state index in [2.05, 4.69) is 16.0 Å². The fourth-order valence-electron chi connectivity index (χ4n) is 1.83. The quantitative estimate of drug-likeness (QED) is 0.568. The molecule has 2 amide bonds. The van der Waals surface area contributed by atoms with E-state index in [1.165, 1.54) is 19.8 Å². The average Bonchev–Trinajstić information content (AvgIpc) is 2.25. The van der Waals surface area contributed by atoms with Gasteiger partial charge < -0.3 is 16.0 Å². The standard InChI is InChI=1S/C11H21N3O2/c1-9(15)12-6-7-14-11(16)8-10-4-2-3-5-13-10/h10,13H,2-8H2,1H3,(H,12,15)(H,14,16). The number of hydrogen-bond acceptors (Lipinski definition) is 3. The van der Waals surface area contributed by atoms with Gasteiger partial charge in [0.05, 0.1) is 0 Å². The lowest BCUT2D eigenvalue weighted by Crippen LogP contribution is -2.40. The molecule has 1 aliphatic heterocycles. The lowest BCUT2D eigenvalue weighted by Gasteiger charge is -2.22. The smallest absolute Gasteiger partial charge is 0.221 e. The fraction of sp³-hybridized carbons (Fsp3) is 0.818. The van der Waals surface area contributed by atoms with Crippen LogP contribution < -0.4 is 16.0 Å². The maximum atomic E-state index is 11.5. The van der Waals surface area contributed by atoms with Crippen LogP contribution in [-0.2, 0) is 9.59 Å². The monoisotopic (exact) mass is 227 g/mol. The minimum Gasteiger partial charge on any atom is -0.355 e. The molecule has 5 nitrogen and oxygen atoms in total. The zero-order valence-electron chi connectivity index (χ0n) is 9.84. The van der Waals surface area contributed by atoms with Crippen molar-refractivity contribution >= 4 is 11.8 Å². The van der Waals surface area contributed by atoms with Gasteiger partial charge in [0, 0.05) is 32.5 Å². The molecule has 0 saturated carbocycles. The van der Waals surface area contributed by atoms with Gasteiger partial charge in [-0.05, 0) is 19.4 Å². The van der Waals surface area contributed by atoms with Crippen molar-refractivity contribution in [1.82, 2.24) is 16.0 Å². The van der Waals surface area contributed by atoms with E-state index in [0.29, 0.717) is 25.6 Å². The molecule has 1 fully saturated rings. The SMILES string of the molecule is CC(=O)NCCNC(=O)CC1CCCCN1. The Morgan fingerprint density at radius 3 is 2.62 bits per heavy atom. The molecule has 5 heteroatoms. The largest absolute Gasteiger partial charge is 0.355 e. The summed E-state index contributed by atoms with van der Waals surface area (Å²) in [6, 6.07) is 0.328. The van der Waals surface area contributed by atoms with Gasteiger partial charge in [0.15, 0.2) is 0 Å². The molecule has 3 N–H and O–H groups in total. The maximum absolute atomic E-state index is 11.5. The van der Waals surface area contributed by atoms with E-state index in [9.17, 15) is 9.59 Å². The number of carbonyl (C=O) groups is 2. The van der Waals surface area contributed by atoms with Crippen LogP contribution in [-0.4, -0.2) is 37.5 Å². The molecule has 0 aliphatic carbocycles. The summed E-state index contributed by atoms with van der Waals surface area (Å²) in [6.45, 7) is 3.49. The van der Waals surface area contributed by atoms with Gasteiger partial charge in [-0.15, -0.1) is 0 Å². The molecule has 0 aromatic heterocycles. The molecule has 1 heterocycles. The van der Waals surface area contributed by atoms with Crippen molar-refractivity contribution in [2.45, 2.75) is 38.6 Å². The summed E-state index contributed by atoms with van der Waals surface area (Å²) in [4.78, 5) is 22.1. The molecule has 0 radical (unpaired) electrons. The van der Waals surface area contributed by atoms with Crippen LogP contribution in [0.1, 0.15) is 32.6 Å². The number of rotatable bonds is 5. The third-order valence-corrected chi connectivity index (χ3v) is 2.67. The molecule has 0 aromatic rings. The highest BCUT2D eigenvalue weighted by atomic mass is 16.2. The van der Waals surface area contributed by atoms with Crippen LogP contribution in [0.4, 0.5) is 0 Å². The van der Waals surface area contributed by atoms with Crippen molar-refractivity contribution in [2.75, 3.05) is 19.6 Å². The Labute approximate surface area is 96.4 Å². The van der Waals surface area contributed by atoms with Crippen LogP contribution in [0.2, 0.25) is 0 Å². The van der Waals surface area contributed by atoms with Crippen LogP contribution >= 0.6 is 0 Å². The topological polar surface area (TPSA) is 70.2 Å². The van der Waals surface area contributed by atoms with Gasteiger partial charge >= 0.3 is 0 Å². The lowest BCUT2D eigenvalue weighted by molar-refractivity contribution is -0.122. The first-order valence-electron chi connectivity index (χ1n) is 5.93. The van der Waals surface area contributed by atoms with E-state index in [-0.39, 0.29) is 11.8 Å². The third kappa shape index (κ3) is 5.70. The highest BCUT2D eigenvalue weighted by Gasteiger charge is 2.15. The zero-order valence-corrected chi connectivity index (χ0v) is 9.84. The number of hydrogen-bond donors (Lipinski definition) is 3. The summed E-state index contributed by atoms with van der Waals surface area (Å²) in [5.41, 5.74) is 0. The van der Waals surface area contributed by atoms with Gasteiger partial charge in [-0.1, -0.05) is 6.42 Å². The minimum absolute atomic E-state index is 0.0600. The van der Waals surface area contributed by atoms with Crippen molar-refractivity contribution in [2.24, 2.45) is 0 Å². The second-order valence-corrected chi connectivity index (χ2v) is 4.18. The van der Waals surface area contributed by atoms with Crippen molar-refractivity contribution in [3.63, 3.8) is 0 Å². The van der Waals surface area contributed by atoms with Gasteiger partial charge in [-0.2, -0.15) is 0 Å². The average molecular weight is 227 g/mol. The van der Waals surface area contributed by atoms with Crippen molar-refractivity contribution in [3.8, 4) is 0 Å². The molecule has 92 valence electrons. The summed E-state index contributed by atoms with van der Waals surface area (Å²) < 4.78 is 0. The molecular weight excluding hydrogens is 206 g/mol. The Hall–Kier alpha value is -1.10. The van der Waals surface area contributed by atoms with Crippen LogP contribution in [0.5, 0.6) is 0 Å². The highest BCUT2D eigenvalue weighted by Crippen LogP contribution is 2.09. The van der Waals surface area contributed by atoms with Gasteiger partial charge in [0.25, 0.3) is 0 Å². The molecular formula is C11H21N3O2. The van der Waals surface area contributed by atoms with Gasteiger partial charge in [-0.25, -0.2) is 0 Å². The van der Waals surface area contributed by atoms with Crippen LogP contribution in [0.3, 0.4) is 0 Å². The predicted molar refractivity (Wildman–Crippen MR) is 62.0 cm³/mol. The van der Waals surface area contributed by atoms with Crippen LogP contribution in [0, 0.1) is 0 Å². The molecule has 1 unspecified atom stereocenters. The van der Waals surface area contributed by atoms with Gasteiger partial charge in [0.2, 0.25) is 11.8 Å². The van der Waals surface area contributed by atoms with Crippen molar-refractivity contribution in [1.29, 1.82) is 0 Å². The van der Waals surface area contributed by atoms with Crippen LogP contribution in [0.25, 0.3) is 0 Å². The number of nitrogens with one attached hydrogen (secondary N) is 3. The Balaban J connectivity index is 2.03. The first-order valence-corrected chi connectivity index (χ1v) is 5.93.